The molecule has 0 unspecified atom stereocenters. The number of methoxy groups -OCH3 is 3. The van der Waals surface area contributed by atoms with Crippen molar-refractivity contribution in [1.82, 2.24) is 0 Å². The van der Waals surface area contributed by atoms with E-state index in [1.165, 1.54) is 7.11 Å². The summed E-state index contributed by atoms with van der Waals surface area (Å²) in [6.45, 7) is 0.379. The predicted molar refractivity (Wildman–Crippen MR) is 116 cm³/mol. The maximum atomic E-state index is 13.0. The zero-order valence-electron chi connectivity index (χ0n) is 17.5. The summed E-state index contributed by atoms with van der Waals surface area (Å²) in [5.74, 6) is 2.48. The quantitative estimate of drug-likeness (QED) is 0.508. The lowest BCUT2D eigenvalue weighted by Gasteiger charge is -2.11. The first-order valence-electron chi connectivity index (χ1n) is 9.68. The molecule has 3 aromatic carbocycles. The van der Waals surface area contributed by atoms with E-state index in [4.69, 9.17) is 23.7 Å². The molecule has 3 aromatic rings. The Kier molecular flexibility index (Phi) is 5.80. The van der Waals surface area contributed by atoms with Crippen molar-refractivity contribution >= 4 is 11.9 Å². The fraction of sp³-hybridized carbons (Fsp3) is 0.160. The first kappa shape index (κ1) is 20.3. The predicted octanol–water partition coefficient (Wildman–Crippen LogP) is 4.91. The Labute approximate surface area is 180 Å². The Bertz CT molecular complexity index is 1130. The molecule has 0 radical (unpaired) electrons. The van der Waals surface area contributed by atoms with Crippen molar-refractivity contribution in [1.29, 1.82) is 0 Å². The second-order valence-electron chi connectivity index (χ2n) is 6.82. The summed E-state index contributed by atoms with van der Waals surface area (Å²) < 4.78 is 27.8. The van der Waals surface area contributed by atoms with Crippen LogP contribution in [0.25, 0.3) is 6.08 Å². The Morgan fingerprint density at radius 3 is 2.29 bits per heavy atom. The third kappa shape index (κ3) is 4.19. The van der Waals surface area contributed by atoms with Crippen LogP contribution in [0.1, 0.15) is 21.5 Å². The molecule has 0 aliphatic carbocycles. The first-order chi connectivity index (χ1) is 15.1. The van der Waals surface area contributed by atoms with E-state index in [2.05, 4.69) is 0 Å². The van der Waals surface area contributed by atoms with Gasteiger partial charge in [-0.25, -0.2) is 0 Å². The van der Waals surface area contributed by atoms with Gasteiger partial charge < -0.3 is 23.7 Å². The zero-order valence-corrected chi connectivity index (χ0v) is 17.5. The molecule has 0 amide bonds. The molecule has 6 heteroatoms. The van der Waals surface area contributed by atoms with E-state index in [1.807, 2.05) is 36.4 Å². The summed E-state index contributed by atoms with van der Waals surface area (Å²) in [6.07, 6.45) is 1.66. The number of hydrogen-bond acceptors (Lipinski definition) is 6. The number of benzene rings is 3. The van der Waals surface area contributed by atoms with Crippen LogP contribution in [0.5, 0.6) is 28.7 Å². The highest BCUT2D eigenvalue weighted by atomic mass is 16.5. The number of Topliss-reactive ketones (excluding diaryl/α,β-unsaturated/α-hetero) is 1. The number of ketones is 1. The van der Waals surface area contributed by atoms with Gasteiger partial charge >= 0.3 is 0 Å². The number of ether oxygens (including phenoxy) is 5. The number of carbonyl (C=O) groups excluding carboxylic acids is 1. The molecule has 0 N–H and O–H groups in total. The summed E-state index contributed by atoms with van der Waals surface area (Å²) in [5, 5.41) is 0. The second-order valence-corrected chi connectivity index (χ2v) is 6.82. The minimum atomic E-state index is -0.265. The topological polar surface area (TPSA) is 63.2 Å². The van der Waals surface area contributed by atoms with E-state index in [-0.39, 0.29) is 11.5 Å². The van der Waals surface area contributed by atoms with Crippen molar-refractivity contribution in [3.8, 4) is 28.7 Å². The number of allylic oxidation sites excluding steroid dienone is 1. The number of carbonyl (C=O) groups is 1. The van der Waals surface area contributed by atoms with Crippen molar-refractivity contribution in [3.63, 3.8) is 0 Å². The van der Waals surface area contributed by atoms with Gasteiger partial charge in [0.2, 0.25) is 5.78 Å². The third-order valence-electron chi connectivity index (χ3n) is 4.91. The van der Waals surface area contributed by atoms with Crippen LogP contribution in [0.4, 0.5) is 0 Å². The van der Waals surface area contributed by atoms with Crippen molar-refractivity contribution in [2.75, 3.05) is 21.3 Å². The SMILES string of the molecule is COc1ccc(C=C2Oc3cc(OC)cc(OC)c3C2=O)c(OCc2ccccc2)c1. The summed E-state index contributed by atoms with van der Waals surface area (Å²) in [7, 11) is 4.64. The first-order valence-corrected chi connectivity index (χ1v) is 9.68. The van der Waals surface area contributed by atoms with Gasteiger partial charge in [-0.2, -0.15) is 0 Å². The van der Waals surface area contributed by atoms with Gasteiger partial charge in [0.1, 0.15) is 40.9 Å². The fourth-order valence-electron chi connectivity index (χ4n) is 3.29. The normalized spacial score (nSPS) is 13.5. The van der Waals surface area contributed by atoms with E-state index in [9.17, 15) is 4.79 Å². The molecule has 4 rings (SSSR count). The lowest BCUT2D eigenvalue weighted by Crippen LogP contribution is -2.02. The maximum Gasteiger partial charge on any atom is 0.235 e. The molecule has 31 heavy (non-hydrogen) atoms. The lowest BCUT2D eigenvalue weighted by atomic mass is 10.1. The van der Waals surface area contributed by atoms with E-state index in [1.54, 1.807) is 44.6 Å². The Hall–Kier alpha value is -3.93. The highest BCUT2D eigenvalue weighted by Gasteiger charge is 2.32. The maximum absolute atomic E-state index is 13.0. The minimum Gasteiger partial charge on any atom is -0.497 e. The van der Waals surface area contributed by atoms with Crippen LogP contribution in [-0.4, -0.2) is 27.1 Å². The molecule has 0 aromatic heterocycles. The van der Waals surface area contributed by atoms with E-state index in [0.29, 0.717) is 46.5 Å². The van der Waals surface area contributed by atoms with E-state index < -0.39 is 0 Å². The molecule has 0 atom stereocenters. The van der Waals surface area contributed by atoms with Crippen LogP contribution in [0.15, 0.2) is 66.4 Å². The molecule has 0 saturated carbocycles. The third-order valence-corrected chi connectivity index (χ3v) is 4.91. The Morgan fingerprint density at radius 1 is 0.839 bits per heavy atom. The fourth-order valence-corrected chi connectivity index (χ4v) is 3.29. The zero-order chi connectivity index (χ0) is 21.8. The summed E-state index contributed by atoms with van der Waals surface area (Å²) in [5.41, 5.74) is 2.09. The van der Waals surface area contributed by atoms with Crippen LogP contribution in [0.3, 0.4) is 0 Å². The largest absolute Gasteiger partial charge is 0.497 e. The van der Waals surface area contributed by atoms with Gasteiger partial charge in [-0.1, -0.05) is 30.3 Å². The van der Waals surface area contributed by atoms with Crippen LogP contribution in [-0.2, 0) is 6.61 Å². The Balaban J connectivity index is 1.67. The van der Waals surface area contributed by atoms with Crippen molar-refractivity contribution < 1.29 is 28.5 Å². The van der Waals surface area contributed by atoms with Crippen molar-refractivity contribution in [2.45, 2.75) is 6.61 Å². The van der Waals surface area contributed by atoms with Crippen molar-refractivity contribution in [3.05, 3.63) is 83.1 Å². The van der Waals surface area contributed by atoms with Gasteiger partial charge in [0, 0.05) is 23.8 Å². The highest BCUT2D eigenvalue weighted by molar-refractivity contribution is 6.16. The number of hydrogen-bond donors (Lipinski definition) is 0. The van der Waals surface area contributed by atoms with E-state index in [0.717, 1.165) is 5.56 Å². The lowest BCUT2D eigenvalue weighted by molar-refractivity contribution is 0.101. The van der Waals surface area contributed by atoms with E-state index >= 15 is 0 Å². The van der Waals surface area contributed by atoms with Gasteiger partial charge in [-0.05, 0) is 23.8 Å². The molecule has 158 valence electrons. The van der Waals surface area contributed by atoms with Gasteiger partial charge in [-0.3, -0.25) is 4.79 Å². The monoisotopic (exact) mass is 418 g/mol. The molecule has 0 saturated heterocycles. The smallest absolute Gasteiger partial charge is 0.235 e. The molecule has 0 bridgehead atoms. The molecular formula is C25H22O6. The number of fused-ring (bicyclic) bond motifs is 1. The molecule has 0 spiro atoms. The Morgan fingerprint density at radius 2 is 1.58 bits per heavy atom. The molecule has 1 aliphatic heterocycles. The minimum absolute atomic E-state index is 0.177. The van der Waals surface area contributed by atoms with Crippen LogP contribution >= 0.6 is 0 Å². The molecule has 0 fully saturated rings. The standard InChI is InChI=1S/C25H22O6/c1-27-18-10-9-17(20(12-18)30-15-16-7-5-4-6-8-16)11-23-25(26)24-21(29-3)13-19(28-2)14-22(24)31-23/h4-14H,15H2,1-3H3. The molecule has 1 heterocycles. The van der Waals surface area contributed by atoms with Crippen LogP contribution in [0, 0.1) is 0 Å². The highest BCUT2D eigenvalue weighted by Crippen LogP contribution is 2.42. The average molecular weight is 418 g/mol. The van der Waals surface area contributed by atoms with Crippen LogP contribution < -0.4 is 23.7 Å². The van der Waals surface area contributed by atoms with Gasteiger partial charge in [0.15, 0.2) is 5.76 Å². The van der Waals surface area contributed by atoms with Crippen LogP contribution in [0.2, 0.25) is 0 Å². The van der Waals surface area contributed by atoms with Crippen molar-refractivity contribution in [2.24, 2.45) is 0 Å². The second kappa shape index (κ2) is 8.83. The van der Waals surface area contributed by atoms with Gasteiger partial charge in [-0.15, -0.1) is 0 Å². The summed E-state index contributed by atoms with van der Waals surface area (Å²) in [6, 6.07) is 18.6. The summed E-state index contributed by atoms with van der Waals surface area (Å²) >= 11 is 0. The number of rotatable bonds is 7. The average Bonchev–Trinajstić information content (AvgIpc) is 3.13. The van der Waals surface area contributed by atoms with Gasteiger partial charge in [0.05, 0.1) is 21.3 Å². The molecule has 1 aliphatic rings. The molecule has 6 nitrogen and oxygen atoms in total. The van der Waals surface area contributed by atoms with Gasteiger partial charge in [0.25, 0.3) is 0 Å². The summed E-state index contributed by atoms with van der Waals surface area (Å²) in [4.78, 5) is 13.0. The molecular weight excluding hydrogens is 396 g/mol.